The summed E-state index contributed by atoms with van der Waals surface area (Å²) in [5.74, 6) is 0. The van der Waals surface area contributed by atoms with Crippen LogP contribution in [0.4, 0.5) is 34.1 Å². The molecule has 2 heteroatoms. The Morgan fingerprint density at radius 2 is 0.817 bits per heavy atom. The van der Waals surface area contributed by atoms with Crippen LogP contribution >= 0.6 is 0 Å². The van der Waals surface area contributed by atoms with Crippen LogP contribution < -0.4 is 9.80 Å². The quantitative estimate of drug-likeness (QED) is 0.142. The van der Waals surface area contributed by atoms with Gasteiger partial charge in [0.25, 0.3) is 0 Å². The Kier molecular flexibility index (Phi) is 8.63. The molecule has 0 spiro atoms. The molecule has 0 aliphatic heterocycles. The van der Waals surface area contributed by atoms with Gasteiger partial charge >= 0.3 is 0 Å². The monoisotopic (exact) mass is 774 g/mol. The average molecular weight is 775 g/mol. The maximum Gasteiger partial charge on any atom is 0.0468 e. The lowest BCUT2D eigenvalue weighted by Gasteiger charge is -2.29. The van der Waals surface area contributed by atoms with Gasteiger partial charge in [-0.25, -0.2) is 0 Å². The highest BCUT2D eigenvalue weighted by atomic mass is 15.1. The second-order valence-corrected chi connectivity index (χ2v) is 17.5. The minimum atomic E-state index is -0.188. The summed E-state index contributed by atoms with van der Waals surface area (Å²) in [7, 11) is 0. The summed E-state index contributed by atoms with van der Waals surface area (Å²) >= 11 is 0. The van der Waals surface area contributed by atoms with Crippen molar-refractivity contribution in [2.45, 2.75) is 52.4 Å². The van der Waals surface area contributed by atoms with E-state index >= 15 is 0 Å². The first-order valence-corrected chi connectivity index (χ1v) is 21.1. The fourth-order valence-electron chi connectivity index (χ4n) is 10.4. The Bertz CT molecular complexity index is 3090. The smallest absolute Gasteiger partial charge is 0.0468 e. The van der Waals surface area contributed by atoms with Crippen LogP contribution in [0.1, 0.15) is 61.1 Å². The van der Waals surface area contributed by atoms with Gasteiger partial charge in [0.2, 0.25) is 0 Å². The fourth-order valence-corrected chi connectivity index (χ4v) is 10.4. The molecule has 0 saturated heterocycles. The van der Waals surface area contributed by atoms with E-state index in [1.807, 2.05) is 12.2 Å². The van der Waals surface area contributed by atoms with E-state index in [9.17, 15) is 0 Å². The van der Waals surface area contributed by atoms with Crippen LogP contribution in [0, 0.1) is 13.8 Å². The number of rotatable bonds is 8. The minimum Gasteiger partial charge on any atom is -0.310 e. The van der Waals surface area contributed by atoms with Crippen LogP contribution in [-0.2, 0) is 10.8 Å². The first-order valence-electron chi connectivity index (χ1n) is 21.1. The van der Waals surface area contributed by atoms with Gasteiger partial charge in [0.05, 0.1) is 0 Å². The summed E-state index contributed by atoms with van der Waals surface area (Å²) in [6, 6.07) is 58.3. The second-order valence-electron chi connectivity index (χ2n) is 17.5. The number of hydrogen-bond acceptors (Lipinski definition) is 2. The van der Waals surface area contributed by atoms with Crippen LogP contribution in [0.15, 0.2) is 189 Å². The summed E-state index contributed by atoms with van der Waals surface area (Å²) in [4.78, 5) is 4.81. The third-order valence-corrected chi connectivity index (χ3v) is 13.6. The summed E-state index contributed by atoms with van der Waals surface area (Å²) in [5.41, 5.74) is 19.4. The first kappa shape index (κ1) is 37.4. The molecular weight excluding hydrogens is 725 g/mol. The van der Waals surface area contributed by atoms with Crippen molar-refractivity contribution in [2.75, 3.05) is 9.80 Å². The highest BCUT2D eigenvalue weighted by molar-refractivity contribution is 6.08. The van der Waals surface area contributed by atoms with Crippen molar-refractivity contribution in [3.63, 3.8) is 0 Å². The first-order chi connectivity index (χ1) is 29.0. The Hall–Kier alpha value is -6.90. The molecule has 0 aromatic heterocycles. The number of allylic oxidation sites excluding steroid dienone is 4. The highest BCUT2D eigenvalue weighted by Gasteiger charge is 2.37. The van der Waals surface area contributed by atoms with Gasteiger partial charge in [0, 0.05) is 45.0 Å². The van der Waals surface area contributed by atoms with E-state index in [0.29, 0.717) is 0 Å². The Labute approximate surface area is 355 Å². The van der Waals surface area contributed by atoms with Gasteiger partial charge in [-0.3, -0.25) is 0 Å². The molecule has 2 aliphatic rings. The van der Waals surface area contributed by atoms with Crippen molar-refractivity contribution >= 4 is 61.2 Å². The van der Waals surface area contributed by atoms with Crippen molar-refractivity contribution in [2.24, 2.45) is 0 Å². The molecule has 0 amide bonds. The van der Waals surface area contributed by atoms with Gasteiger partial charge in [-0.2, -0.15) is 0 Å². The Morgan fingerprint density at radius 1 is 0.383 bits per heavy atom. The van der Waals surface area contributed by atoms with Crippen molar-refractivity contribution in [3.8, 4) is 11.1 Å². The van der Waals surface area contributed by atoms with Crippen LogP contribution in [0.25, 0.3) is 38.2 Å². The van der Waals surface area contributed by atoms with Crippen LogP contribution in [0.5, 0.6) is 0 Å². The van der Waals surface area contributed by atoms with Crippen LogP contribution in [-0.4, -0.2) is 0 Å². The van der Waals surface area contributed by atoms with Gasteiger partial charge < -0.3 is 9.80 Å². The molecule has 10 rings (SSSR count). The number of nitrogens with zero attached hydrogens (tertiary/aromatic N) is 2. The Morgan fingerprint density at radius 3 is 1.33 bits per heavy atom. The molecule has 0 bridgehead atoms. The standard InChI is InChI=1S/C58H50N2/c1-9-45-49-31-27-43(35-55(49)57(5,6)53(45)10-2)59(39-19-13-11-14-20-39)41-25-29-46-38(4)52-34-42(26-30-47(52)37(3)51(46)33-41)60(40-21-15-12-16-22-40)44-28-32-50-48-23-17-18-24-54(48)58(7,8)56(50)36-44/h9-36H,1-2H2,3-8H3. The van der Waals surface area contributed by atoms with Gasteiger partial charge in [-0.15, -0.1) is 0 Å². The molecule has 2 aliphatic carbocycles. The summed E-state index contributed by atoms with van der Waals surface area (Å²) in [5, 5.41) is 5.06. The maximum atomic E-state index is 4.18. The molecule has 0 heterocycles. The van der Waals surface area contributed by atoms with E-state index < -0.39 is 0 Å². The second kappa shape index (κ2) is 13.9. The van der Waals surface area contributed by atoms with E-state index in [-0.39, 0.29) is 10.8 Å². The average Bonchev–Trinajstić information content (AvgIpc) is 3.64. The Balaban J connectivity index is 1.10. The molecule has 8 aromatic carbocycles. The molecule has 0 radical (unpaired) electrons. The topological polar surface area (TPSA) is 6.48 Å². The third kappa shape index (κ3) is 5.54. The summed E-state index contributed by atoms with van der Waals surface area (Å²) in [6.45, 7) is 22.2. The van der Waals surface area contributed by atoms with Crippen molar-refractivity contribution in [3.05, 3.63) is 222 Å². The molecule has 8 aromatic rings. The summed E-state index contributed by atoms with van der Waals surface area (Å²) < 4.78 is 0. The van der Waals surface area contributed by atoms with Gasteiger partial charge in [-0.05, 0) is 164 Å². The largest absolute Gasteiger partial charge is 0.310 e. The normalized spacial score (nSPS) is 14.5. The maximum absolute atomic E-state index is 4.18. The van der Waals surface area contributed by atoms with E-state index in [0.717, 1.165) is 34.1 Å². The lowest BCUT2D eigenvalue weighted by Crippen LogP contribution is -2.17. The zero-order chi connectivity index (χ0) is 41.5. The van der Waals surface area contributed by atoms with E-state index in [1.54, 1.807) is 0 Å². The molecule has 0 unspecified atom stereocenters. The minimum absolute atomic E-state index is 0.0896. The number of benzene rings is 8. The molecule has 60 heavy (non-hydrogen) atoms. The predicted octanol–water partition coefficient (Wildman–Crippen LogP) is 16.3. The van der Waals surface area contributed by atoms with Gasteiger partial charge in [0.15, 0.2) is 0 Å². The molecule has 2 nitrogen and oxygen atoms in total. The SMILES string of the molecule is C=CC1=C(C=C)C(C)(C)c2cc(N(c3ccccc3)c3ccc4c(C)c5cc(N(c6ccccc6)c6ccc7c(c6)C(C)(C)c6ccccc6-7)ccc5c(C)c4c3)ccc21. The van der Waals surface area contributed by atoms with E-state index in [4.69, 9.17) is 0 Å². The van der Waals surface area contributed by atoms with Crippen molar-refractivity contribution < 1.29 is 0 Å². The molecule has 0 saturated carbocycles. The number of fused-ring (bicyclic) bond motifs is 6. The highest BCUT2D eigenvalue weighted by Crippen LogP contribution is 2.52. The molecular formula is C58H50N2. The molecule has 0 atom stereocenters. The lowest BCUT2D eigenvalue weighted by atomic mass is 9.81. The number of anilines is 6. The number of aryl methyl sites for hydroxylation is 2. The molecule has 0 fully saturated rings. The molecule has 292 valence electrons. The fraction of sp³-hybridized carbons (Fsp3) is 0.138. The molecule has 0 N–H and O–H groups in total. The number of hydrogen-bond donors (Lipinski definition) is 0. The van der Waals surface area contributed by atoms with E-state index in [2.05, 4.69) is 222 Å². The number of para-hydroxylation sites is 2. The lowest BCUT2D eigenvalue weighted by molar-refractivity contribution is 0.654. The summed E-state index contributed by atoms with van der Waals surface area (Å²) in [6.07, 6.45) is 3.98. The van der Waals surface area contributed by atoms with E-state index in [1.165, 1.54) is 77.2 Å². The van der Waals surface area contributed by atoms with Crippen LogP contribution in [0.3, 0.4) is 0 Å². The van der Waals surface area contributed by atoms with Crippen LogP contribution in [0.2, 0.25) is 0 Å². The third-order valence-electron chi connectivity index (χ3n) is 13.6. The predicted molar refractivity (Wildman–Crippen MR) is 258 cm³/mol. The van der Waals surface area contributed by atoms with Crippen molar-refractivity contribution in [1.82, 2.24) is 0 Å². The van der Waals surface area contributed by atoms with Crippen molar-refractivity contribution in [1.29, 1.82) is 0 Å². The van der Waals surface area contributed by atoms with Gasteiger partial charge in [-0.1, -0.05) is 138 Å². The zero-order valence-electron chi connectivity index (χ0n) is 35.5. The zero-order valence-corrected chi connectivity index (χ0v) is 35.5. The van der Waals surface area contributed by atoms with Gasteiger partial charge in [0.1, 0.15) is 0 Å².